The van der Waals surface area contributed by atoms with Crippen LogP contribution in [0.3, 0.4) is 0 Å². The first-order chi connectivity index (χ1) is 11.6. The quantitative estimate of drug-likeness (QED) is 0.378. The maximum absolute atomic E-state index is 12.3. The van der Waals surface area contributed by atoms with Crippen molar-refractivity contribution in [3.8, 4) is 5.75 Å². The molecule has 0 saturated heterocycles. The van der Waals surface area contributed by atoms with E-state index in [1.807, 2.05) is 12.1 Å². The Labute approximate surface area is 146 Å². The van der Waals surface area contributed by atoms with Gasteiger partial charge in [0.2, 0.25) is 0 Å². The van der Waals surface area contributed by atoms with Crippen molar-refractivity contribution >= 4 is 38.8 Å². The number of allylic oxidation sites excluding steroid dienone is 1. The van der Waals surface area contributed by atoms with Crippen LogP contribution in [-0.2, 0) is 0 Å². The number of ketones is 1. The zero-order valence-electron chi connectivity index (χ0n) is 12.8. The number of ether oxygens (including phenoxy) is 1. The summed E-state index contributed by atoms with van der Waals surface area (Å²) in [5, 5.41) is 0.685. The van der Waals surface area contributed by atoms with Crippen LogP contribution in [0.4, 0.5) is 0 Å². The van der Waals surface area contributed by atoms with Crippen LogP contribution in [0.15, 0.2) is 68.3 Å². The minimum atomic E-state index is -0.644. The fraction of sp³-hybridized carbons (Fsp3) is 0.0526. The monoisotopic (exact) mass is 384 g/mol. The van der Waals surface area contributed by atoms with Crippen molar-refractivity contribution in [1.82, 2.24) is 0 Å². The smallest absolute Gasteiger partial charge is 0.347 e. The fourth-order valence-corrected chi connectivity index (χ4v) is 2.62. The van der Waals surface area contributed by atoms with Crippen molar-refractivity contribution in [2.24, 2.45) is 0 Å². The van der Waals surface area contributed by atoms with Crippen LogP contribution in [0.25, 0.3) is 17.0 Å². The lowest BCUT2D eigenvalue weighted by atomic mass is 10.1. The first-order valence-electron chi connectivity index (χ1n) is 7.17. The number of benzene rings is 2. The van der Waals surface area contributed by atoms with Crippen molar-refractivity contribution in [1.29, 1.82) is 0 Å². The van der Waals surface area contributed by atoms with Gasteiger partial charge in [0.15, 0.2) is 5.78 Å². The highest BCUT2D eigenvalue weighted by Crippen LogP contribution is 2.20. The number of fused-ring (bicyclic) bond motifs is 1. The van der Waals surface area contributed by atoms with Crippen LogP contribution in [0, 0.1) is 0 Å². The van der Waals surface area contributed by atoms with E-state index < -0.39 is 11.4 Å². The molecule has 3 rings (SSSR count). The van der Waals surface area contributed by atoms with Crippen LogP contribution in [0.5, 0.6) is 5.75 Å². The second-order valence-corrected chi connectivity index (χ2v) is 6.02. The van der Waals surface area contributed by atoms with E-state index in [1.165, 1.54) is 6.08 Å². The summed E-state index contributed by atoms with van der Waals surface area (Å²) in [6, 6.07) is 14.0. The average Bonchev–Trinajstić information content (AvgIpc) is 2.60. The summed E-state index contributed by atoms with van der Waals surface area (Å²) in [7, 11) is 1.59. The number of rotatable bonds is 4. The number of carbonyl (C=O) groups is 1. The van der Waals surface area contributed by atoms with Crippen LogP contribution < -0.4 is 10.4 Å². The summed E-state index contributed by atoms with van der Waals surface area (Å²) in [5.74, 6) is 0.334. The Morgan fingerprint density at radius 1 is 1.12 bits per heavy atom. The first kappa shape index (κ1) is 16.2. The molecule has 24 heavy (non-hydrogen) atoms. The number of hydrogen-bond donors (Lipinski definition) is 0. The van der Waals surface area contributed by atoms with Gasteiger partial charge in [-0.1, -0.05) is 34.1 Å². The Bertz CT molecular complexity index is 984. The lowest BCUT2D eigenvalue weighted by molar-refractivity contribution is 0.104. The van der Waals surface area contributed by atoms with E-state index in [9.17, 15) is 9.59 Å². The van der Waals surface area contributed by atoms with E-state index in [-0.39, 0.29) is 5.56 Å². The zero-order chi connectivity index (χ0) is 17.1. The first-order valence-corrected chi connectivity index (χ1v) is 7.96. The molecule has 4 nitrogen and oxygen atoms in total. The van der Waals surface area contributed by atoms with Crippen molar-refractivity contribution in [3.63, 3.8) is 0 Å². The van der Waals surface area contributed by atoms with Crippen LogP contribution in [0.1, 0.15) is 15.9 Å². The Hall–Kier alpha value is -2.66. The third kappa shape index (κ3) is 3.46. The summed E-state index contributed by atoms with van der Waals surface area (Å²) in [4.78, 5) is 24.3. The molecule has 0 unspecified atom stereocenters. The van der Waals surface area contributed by atoms with Crippen LogP contribution in [-0.4, -0.2) is 12.9 Å². The SMILES string of the molecule is COc1ccc(/C=C/C(=O)c2cc3cc(Br)ccc3oc2=O)cc1. The van der Waals surface area contributed by atoms with E-state index in [4.69, 9.17) is 9.15 Å². The van der Waals surface area contributed by atoms with E-state index in [0.717, 1.165) is 15.8 Å². The molecule has 3 aromatic rings. The Balaban J connectivity index is 1.91. The molecule has 0 aliphatic rings. The second-order valence-electron chi connectivity index (χ2n) is 5.10. The minimum absolute atomic E-state index is 0.00496. The summed E-state index contributed by atoms with van der Waals surface area (Å²) in [5.41, 5.74) is 0.635. The zero-order valence-corrected chi connectivity index (χ0v) is 14.4. The number of hydrogen-bond acceptors (Lipinski definition) is 4. The molecule has 0 aliphatic carbocycles. The predicted octanol–water partition coefficient (Wildman–Crippen LogP) is 4.46. The molecule has 1 aromatic heterocycles. The Morgan fingerprint density at radius 3 is 2.58 bits per heavy atom. The topological polar surface area (TPSA) is 56.5 Å². The van der Waals surface area contributed by atoms with E-state index >= 15 is 0 Å². The van der Waals surface area contributed by atoms with Gasteiger partial charge in [-0.3, -0.25) is 4.79 Å². The third-order valence-corrected chi connectivity index (χ3v) is 4.00. The molecule has 0 N–H and O–H groups in total. The Kier molecular flexibility index (Phi) is 4.62. The number of carbonyl (C=O) groups excluding carboxylic acids is 1. The van der Waals surface area contributed by atoms with E-state index in [1.54, 1.807) is 49.6 Å². The van der Waals surface area contributed by atoms with Gasteiger partial charge in [-0.25, -0.2) is 4.79 Å². The molecule has 0 radical (unpaired) electrons. The van der Waals surface area contributed by atoms with Gasteiger partial charge in [0.25, 0.3) is 0 Å². The molecule has 1 heterocycles. The largest absolute Gasteiger partial charge is 0.497 e. The van der Waals surface area contributed by atoms with Gasteiger partial charge in [-0.05, 0) is 48.0 Å². The standard InChI is InChI=1S/C19H13BrO4/c1-23-15-6-2-12(3-7-15)4-8-17(21)16-11-13-10-14(20)5-9-18(13)24-19(16)22/h2-11H,1H3/b8-4+. The Morgan fingerprint density at radius 2 is 1.88 bits per heavy atom. The molecule has 5 heteroatoms. The summed E-state index contributed by atoms with van der Waals surface area (Å²) in [6.45, 7) is 0. The van der Waals surface area contributed by atoms with E-state index in [2.05, 4.69) is 15.9 Å². The highest BCUT2D eigenvalue weighted by atomic mass is 79.9. The highest BCUT2D eigenvalue weighted by molar-refractivity contribution is 9.10. The van der Waals surface area contributed by atoms with Gasteiger partial charge in [-0.2, -0.15) is 0 Å². The molecule has 2 aromatic carbocycles. The molecule has 0 atom stereocenters. The molecular weight excluding hydrogens is 372 g/mol. The highest BCUT2D eigenvalue weighted by Gasteiger charge is 2.11. The molecule has 0 amide bonds. The van der Waals surface area contributed by atoms with Crippen molar-refractivity contribution in [2.75, 3.05) is 7.11 Å². The van der Waals surface area contributed by atoms with Gasteiger partial charge < -0.3 is 9.15 Å². The van der Waals surface area contributed by atoms with Crippen molar-refractivity contribution in [2.45, 2.75) is 0 Å². The second kappa shape index (κ2) is 6.84. The minimum Gasteiger partial charge on any atom is -0.497 e. The van der Waals surface area contributed by atoms with Crippen molar-refractivity contribution < 1.29 is 13.9 Å². The van der Waals surface area contributed by atoms with Gasteiger partial charge in [0, 0.05) is 9.86 Å². The number of halogens is 1. The van der Waals surface area contributed by atoms with Crippen molar-refractivity contribution in [3.05, 3.63) is 80.6 Å². The van der Waals surface area contributed by atoms with Gasteiger partial charge in [0.05, 0.1) is 7.11 Å². The van der Waals surface area contributed by atoms with Gasteiger partial charge in [0.1, 0.15) is 16.9 Å². The van der Waals surface area contributed by atoms with Crippen LogP contribution in [0.2, 0.25) is 0 Å². The molecule has 0 fully saturated rings. The predicted molar refractivity (Wildman–Crippen MR) is 96.5 cm³/mol. The van der Waals surface area contributed by atoms with Gasteiger partial charge >= 0.3 is 5.63 Å². The molecule has 120 valence electrons. The van der Waals surface area contributed by atoms with E-state index in [0.29, 0.717) is 11.0 Å². The average molecular weight is 385 g/mol. The normalized spacial score (nSPS) is 11.1. The van der Waals surface area contributed by atoms with Gasteiger partial charge in [-0.15, -0.1) is 0 Å². The summed E-state index contributed by atoms with van der Waals surface area (Å²) >= 11 is 3.36. The molecule has 0 bridgehead atoms. The summed E-state index contributed by atoms with van der Waals surface area (Å²) < 4.78 is 11.1. The molecule has 0 saturated carbocycles. The van der Waals surface area contributed by atoms with Crippen LogP contribution >= 0.6 is 15.9 Å². The molecule has 0 spiro atoms. The number of methoxy groups -OCH3 is 1. The maximum atomic E-state index is 12.3. The summed E-state index contributed by atoms with van der Waals surface area (Å²) in [6.07, 6.45) is 3.00. The molecule has 0 aliphatic heterocycles. The third-order valence-electron chi connectivity index (χ3n) is 3.50. The maximum Gasteiger partial charge on any atom is 0.347 e. The lowest BCUT2D eigenvalue weighted by Gasteiger charge is -2.01. The molecular formula is C19H13BrO4. The fourth-order valence-electron chi connectivity index (χ4n) is 2.24. The lowest BCUT2D eigenvalue weighted by Crippen LogP contribution is -2.11.